The van der Waals surface area contributed by atoms with Gasteiger partial charge in [-0.3, -0.25) is 19.3 Å². The molecule has 1 aromatic carbocycles. The van der Waals surface area contributed by atoms with Crippen molar-refractivity contribution in [3.05, 3.63) is 41.5 Å². The minimum Gasteiger partial charge on any atom is -0.465 e. The van der Waals surface area contributed by atoms with Crippen LogP contribution in [0.4, 0.5) is 5.69 Å². The van der Waals surface area contributed by atoms with Crippen molar-refractivity contribution in [1.82, 2.24) is 4.90 Å². The lowest BCUT2D eigenvalue weighted by atomic mass is 9.85. The number of hydrogen-bond donors (Lipinski definition) is 1. The topological polar surface area (TPSA) is 119 Å². The lowest BCUT2D eigenvalue weighted by Crippen LogP contribution is -2.34. The first-order valence-electron chi connectivity index (χ1n) is 9.47. The SMILES string of the molecule is COC(=O)c1cc(NC(=O)CCN2C(=O)[C@H]3CC=CC[C@H]3C2=O)cc(C(=O)OC)c1. The van der Waals surface area contributed by atoms with Gasteiger partial charge in [0.05, 0.1) is 37.2 Å². The molecule has 3 rings (SSSR count). The van der Waals surface area contributed by atoms with Gasteiger partial charge in [-0.05, 0) is 31.0 Å². The molecule has 0 unspecified atom stereocenters. The van der Waals surface area contributed by atoms with Crippen molar-refractivity contribution in [2.75, 3.05) is 26.1 Å². The molecule has 0 spiro atoms. The number of benzene rings is 1. The molecule has 1 aliphatic heterocycles. The van der Waals surface area contributed by atoms with Crippen LogP contribution in [-0.2, 0) is 23.9 Å². The summed E-state index contributed by atoms with van der Waals surface area (Å²) in [5.41, 5.74) is 0.328. The number of fused-ring (bicyclic) bond motifs is 1. The summed E-state index contributed by atoms with van der Waals surface area (Å²) >= 11 is 0. The molecule has 1 N–H and O–H groups in total. The second-order valence-corrected chi connectivity index (χ2v) is 7.06. The third-order valence-electron chi connectivity index (χ3n) is 5.22. The number of rotatable bonds is 6. The average molecular weight is 414 g/mol. The number of allylic oxidation sites excluding steroid dienone is 2. The summed E-state index contributed by atoms with van der Waals surface area (Å²) in [6.07, 6.45) is 4.76. The van der Waals surface area contributed by atoms with E-state index >= 15 is 0 Å². The van der Waals surface area contributed by atoms with Gasteiger partial charge < -0.3 is 14.8 Å². The molecule has 2 aliphatic rings. The van der Waals surface area contributed by atoms with E-state index in [1.54, 1.807) is 0 Å². The third kappa shape index (κ3) is 4.24. The first-order chi connectivity index (χ1) is 14.3. The maximum Gasteiger partial charge on any atom is 0.337 e. The highest BCUT2D eigenvalue weighted by molar-refractivity contribution is 6.06. The molecule has 1 saturated heterocycles. The third-order valence-corrected chi connectivity index (χ3v) is 5.22. The van der Waals surface area contributed by atoms with Gasteiger partial charge in [0, 0.05) is 18.7 Å². The highest BCUT2D eigenvalue weighted by atomic mass is 16.5. The number of likely N-dealkylation sites (tertiary alicyclic amines) is 1. The van der Waals surface area contributed by atoms with E-state index < -0.39 is 17.8 Å². The first kappa shape index (κ1) is 21.2. The van der Waals surface area contributed by atoms with Crippen LogP contribution in [0, 0.1) is 11.8 Å². The zero-order valence-corrected chi connectivity index (χ0v) is 16.7. The molecule has 9 heteroatoms. The van der Waals surface area contributed by atoms with Crippen LogP contribution in [0.25, 0.3) is 0 Å². The summed E-state index contributed by atoms with van der Waals surface area (Å²) in [5.74, 6) is -3.01. The molecule has 1 heterocycles. The van der Waals surface area contributed by atoms with Crippen molar-refractivity contribution in [3.63, 3.8) is 0 Å². The molecule has 0 saturated carbocycles. The number of ether oxygens (including phenoxy) is 2. The number of amides is 3. The summed E-state index contributed by atoms with van der Waals surface area (Å²) < 4.78 is 9.32. The largest absolute Gasteiger partial charge is 0.465 e. The Labute approximate surface area is 173 Å². The molecule has 30 heavy (non-hydrogen) atoms. The van der Waals surface area contributed by atoms with E-state index in [1.165, 1.54) is 32.4 Å². The van der Waals surface area contributed by atoms with Crippen molar-refractivity contribution in [2.24, 2.45) is 11.8 Å². The molecule has 9 nitrogen and oxygen atoms in total. The van der Waals surface area contributed by atoms with Gasteiger partial charge in [-0.1, -0.05) is 12.2 Å². The number of carbonyl (C=O) groups is 5. The molecule has 1 fully saturated rings. The van der Waals surface area contributed by atoms with Gasteiger partial charge in [-0.25, -0.2) is 9.59 Å². The number of nitrogens with zero attached hydrogens (tertiary/aromatic N) is 1. The summed E-state index contributed by atoms with van der Waals surface area (Å²) in [7, 11) is 2.39. The Hall–Kier alpha value is -3.49. The Morgan fingerprint density at radius 3 is 1.90 bits per heavy atom. The van der Waals surface area contributed by atoms with Gasteiger partial charge >= 0.3 is 11.9 Å². The van der Waals surface area contributed by atoms with Gasteiger partial charge in [0.2, 0.25) is 17.7 Å². The van der Waals surface area contributed by atoms with Crippen molar-refractivity contribution >= 4 is 35.3 Å². The number of nitrogens with one attached hydrogen (secondary N) is 1. The standard InChI is InChI=1S/C21H22N2O7/c1-29-20(27)12-9-13(21(28)30-2)11-14(10-12)22-17(24)7-8-23-18(25)15-5-3-4-6-16(15)19(23)26/h3-4,9-11,15-16H,5-8H2,1-2H3,(H,22,24)/t15-,16+. The molecule has 0 bridgehead atoms. The molecule has 0 radical (unpaired) electrons. The number of methoxy groups -OCH3 is 2. The molecular weight excluding hydrogens is 392 g/mol. The van der Waals surface area contributed by atoms with Crippen molar-refractivity contribution < 1.29 is 33.4 Å². The van der Waals surface area contributed by atoms with Crippen molar-refractivity contribution in [1.29, 1.82) is 0 Å². The van der Waals surface area contributed by atoms with E-state index in [0.29, 0.717) is 12.8 Å². The fourth-order valence-electron chi connectivity index (χ4n) is 3.70. The van der Waals surface area contributed by atoms with Crippen LogP contribution < -0.4 is 5.32 Å². The highest BCUT2D eigenvalue weighted by Gasteiger charge is 2.46. The minimum absolute atomic E-state index is 0.0307. The summed E-state index contributed by atoms with van der Waals surface area (Å²) in [6, 6.07) is 4.02. The first-order valence-corrected chi connectivity index (χ1v) is 9.47. The molecule has 1 aliphatic carbocycles. The number of hydrogen-bond acceptors (Lipinski definition) is 7. The summed E-state index contributed by atoms with van der Waals surface area (Å²) in [4.78, 5) is 62.1. The van der Waals surface area contributed by atoms with Gasteiger partial charge in [0.15, 0.2) is 0 Å². The molecule has 158 valence electrons. The Morgan fingerprint density at radius 2 is 1.43 bits per heavy atom. The number of carbonyl (C=O) groups excluding carboxylic acids is 5. The Bertz CT molecular complexity index is 877. The number of anilines is 1. The predicted molar refractivity (Wildman–Crippen MR) is 104 cm³/mol. The highest BCUT2D eigenvalue weighted by Crippen LogP contribution is 2.35. The fraction of sp³-hybridized carbons (Fsp3) is 0.381. The number of esters is 2. The van der Waals surface area contributed by atoms with Crippen LogP contribution in [0.15, 0.2) is 30.4 Å². The van der Waals surface area contributed by atoms with E-state index in [-0.39, 0.29) is 53.4 Å². The molecule has 0 aromatic heterocycles. The maximum absolute atomic E-state index is 12.5. The molecule has 3 amide bonds. The normalized spacial score (nSPS) is 20.0. The quantitative estimate of drug-likeness (QED) is 0.426. The van der Waals surface area contributed by atoms with E-state index in [2.05, 4.69) is 14.8 Å². The van der Waals surface area contributed by atoms with Crippen molar-refractivity contribution in [3.8, 4) is 0 Å². The minimum atomic E-state index is -0.680. The molecule has 1 aromatic rings. The lowest BCUT2D eigenvalue weighted by Gasteiger charge is -2.15. The monoisotopic (exact) mass is 414 g/mol. The van der Waals surface area contributed by atoms with Crippen LogP contribution in [-0.4, -0.2) is 55.3 Å². The van der Waals surface area contributed by atoms with Crippen LogP contribution in [0.5, 0.6) is 0 Å². The summed E-state index contributed by atoms with van der Waals surface area (Å²) in [6.45, 7) is -0.0307. The van der Waals surface area contributed by atoms with E-state index in [9.17, 15) is 24.0 Å². The predicted octanol–water partition coefficient (Wildman–Crippen LogP) is 1.54. The Balaban J connectivity index is 1.67. The van der Waals surface area contributed by atoms with Crippen LogP contribution in [0.1, 0.15) is 40.0 Å². The van der Waals surface area contributed by atoms with Gasteiger partial charge in [0.1, 0.15) is 0 Å². The lowest BCUT2D eigenvalue weighted by molar-refractivity contribution is -0.140. The Kier molecular flexibility index (Phi) is 6.29. The maximum atomic E-state index is 12.5. The Morgan fingerprint density at radius 1 is 0.933 bits per heavy atom. The van der Waals surface area contributed by atoms with Gasteiger partial charge in [0.25, 0.3) is 0 Å². The molecular formula is C21H22N2O7. The second kappa shape index (κ2) is 8.89. The zero-order chi connectivity index (χ0) is 21.8. The van der Waals surface area contributed by atoms with Gasteiger partial charge in [-0.15, -0.1) is 0 Å². The van der Waals surface area contributed by atoms with E-state index in [0.717, 1.165) is 4.90 Å². The number of imide groups is 1. The van der Waals surface area contributed by atoms with Gasteiger partial charge in [-0.2, -0.15) is 0 Å². The van der Waals surface area contributed by atoms with Crippen LogP contribution in [0.2, 0.25) is 0 Å². The second-order valence-electron chi connectivity index (χ2n) is 7.06. The zero-order valence-electron chi connectivity index (χ0n) is 16.7. The summed E-state index contributed by atoms with van der Waals surface area (Å²) in [5, 5.41) is 2.58. The smallest absolute Gasteiger partial charge is 0.337 e. The fourth-order valence-corrected chi connectivity index (χ4v) is 3.70. The molecule has 2 atom stereocenters. The average Bonchev–Trinajstić information content (AvgIpc) is 3.00. The van der Waals surface area contributed by atoms with Crippen LogP contribution >= 0.6 is 0 Å². The van der Waals surface area contributed by atoms with E-state index in [4.69, 9.17) is 0 Å². The van der Waals surface area contributed by atoms with Crippen molar-refractivity contribution in [2.45, 2.75) is 19.3 Å². The van der Waals surface area contributed by atoms with Crippen LogP contribution in [0.3, 0.4) is 0 Å². The van der Waals surface area contributed by atoms with E-state index in [1.807, 2.05) is 12.2 Å².